The highest BCUT2D eigenvalue weighted by atomic mass is 32.2. The van der Waals surface area contributed by atoms with E-state index < -0.39 is 0 Å². The monoisotopic (exact) mass is 191 g/mol. The first kappa shape index (κ1) is 8.38. The van der Waals surface area contributed by atoms with Crippen LogP contribution in [-0.2, 0) is 0 Å². The Balaban J connectivity index is 2.18. The van der Waals surface area contributed by atoms with E-state index >= 15 is 0 Å². The van der Waals surface area contributed by atoms with Crippen LogP contribution < -0.4 is 0 Å². The van der Waals surface area contributed by atoms with E-state index in [0.29, 0.717) is 0 Å². The summed E-state index contributed by atoms with van der Waals surface area (Å²) in [5, 5.41) is 0. The van der Waals surface area contributed by atoms with Gasteiger partial charge in [0.15, 0.2) is 0 Å². The van der Waals surface area contributed by atoms with Gasteiger partial charge in [-0.15, -0.1) is 0 Å². The minimum atomic E-state index is 0.0550. The van der Waals surface area contributed by atoms with Crippen LogP contribution in [0.4, 0.5) is 0 Å². The number of benzene rings is 1. The molecule has 0 atom stereocenters. The standard InChI is InChI=1S/C10H9NOS/c12-10(11-7-4-8-13-11)9-5-2-1-3-6-9/h1-7H,8H2. The zero-order valence-corrected chi connectivity index (χ0v) is 7.83. The molecule has 1 amide bonds. The molecule has 3 heteroatoms. The fourth-order valence-corrected chi connectivity index (χ4v) is 1.87. The Morgan fingerprint density at radius 2 is 2.08 bits per heavy atom. The second kappa shape index (κ2) is 3.66. The molecule has 66 valence electrons. The van der Waals surface area contributed by atoms with E-state index in [4.69, 9.17) is 0 Å². The summed E-state index contributed by atoms with van der Waals surface area (Å²) < 4.78 is 1.66. The number of nitrogens with zero attached hydrogens (tertiary/aromatic N) is 1. The van der Waals surface area contributed by atoms with Crippen LogP contribution in [0.3, 0.4) is 0 Å². The molecular weight excluding hydrogens is 182 g/mol. The second-order valence-electron chi connectivity index (χ2n) is 2.68. The lowest BCUT2D eigenvalue weighted by molar-refractivity contribution is 0.0908. The average molecular weight is 191 g/mol. The number of hydrogen-bond acceptors (Lipinski definition) is 2. The molecule has 0 spiro atoms. The van der Waals surface area contributed by atoms with E-state index in [0.717, 1.165) is 11.3 Å². The Morgan fingerprint density at radius 3 is 2.69 bits per heavy atom. The van der Waals surface area contributed by atoms with Crippen LogP contribution in [-0.4, -0.2) is 16.0 Å². The molecule has 0 radical (unpaired) electrons. The zero-order chi connectivity index (χ0) is 9.10. The predicted octanol–water partition coefficient (Wildman–Crippen LogP) is 2.30. The van der Waals surface area contributed by atoms with Crippen molar-refractivity contribution in [3.63, 3.8) is 0 Å². The Kier molecular flexibility index (Phi) is 2.36. The smallest absolute Gasteiger partial charge is 0.267 e. The normalized spacial score (nSPS) is 14.9. The summed E-state index contributed by atoms with van der Waals surface area (Å²) in [6, 6.07) is 9.31. The molecule has 1 aliphatic heterocycles. The molecule has 2 nitrogen and oxygen atoms in total. The molecule has 0 N–H and O–H groups in total. The minimum Gasteiger partial charge on any atom is -0.268 e. The molecule has 0 unspecified atom stereocenters. The molecule has 1 heterocycles. The van der Waals surface area contributed by atoms with Gasteiger partial charge >= 0.3 is 0 Å². The maximum absolute atomic E-state index is 11.7. The zero-order valence-electron chi connectivity index (χ0n) is 7.01. The highest BCUT2D eigenvalue weighted by Crippen LogP contribution is 2.20. The summed E-state index contributed by atoms with van der Waals surface area (Å²) >= 11 is 1.52. The lowest BCUT2D eigenvalue weighted by Gasteiger charge is -2.10. The van der Waals surface area contributed by atoms with Crippen molar-refractivity contribution >= 4 is 17.9 Å². The molecule has 0 bridgehead atoms. The van der Waals surface area contributed by atoms with Gasteiger partial charge < -0.3 is 0 Å². The molecule has 0 aromatic heterocycles. The van der Waals surface area contributed by atoms with Crippen molar-refractivity contribution in [1.82, 2.24) is 4.31 Å². The summed E-state index contributed by atoms with van der Waals surface area (Å²) in [5.41, 5.74) is 0.738. The van der Waals surface area contributed by atoms with Gasteiger partial charge in [-0.05, 0) is 24.1 Å². The third-order valence-electron chi connectivity index (χ3n) is 1.77. The second-order valence-corrected chi connectivity index (χ2v) is 3.66. The summed E-state index contributed by atoms with van der Waals surface area (Å²) in [5.74, 6) is 0.942. The molecule has 0 saturated heterocycles. The maximum Gasteiger partial charge on any atom is 0.267 e. The summed E-state index contributed by atoms with van der Waals surface area (Å²) in [7, 11) is 0. The Bertz CT molecular complexity index is 334. The van der Waals surface area contributed by atoms with Crippen LogP contribution in [0.25, 0.3) is 0 Å². The number of amides is 1. The van der Waals surface area contributed by atoms with Gasteiger partial charge in [0, 0.05) is 17.5 Å². The molecule has 0 saturated carbocycles. The van der Waals surface area contributed by atoms with Gasteiger partial charge in [-0.2, -0.15) is 0 Å². The summed E-state index contributed by atoms with van der Waals surface area (Å²) in [4.78, 5) is 11.7. The van der Waals surface area contributed by atoms with Crippen molar-refractivity contribution in [2.45, 2.75) is 0 Å². The number of rotatable bonds is 1. The number of carbonyl (C=O) groups is 1. The molecule has 1 aromatic rings. The fourth-order valence-electron chi connectivity index (χ4n) is 1.14. The number of hydrogen-bond donors (Lipinski definition) is 0. The van der Waals surface area contributed by atoms with Crippen LogP contribution in [0.5, 0.6) is 0 Å². The van der Waals surface area contributed by atoms with Gasteiger partial charge in [0.25, 0.3) is 5.91 Å². The molecule has 0 fully saturated rings. The first-order valence-electron chi connectivity index (χ1n) is 4.06. The Labute approximate surface area is 81.4 Å². The van der Waals surface area contributed by atoms with Crippen molar-refractivity contribution < 1.29 is 4.79 Å². The van der Waals surface area contributed by atoms with Crippen molar-refractivity contribution in [2.75, 3.05) is 5.75 Å². The Morgan fingerprint density at radius 1 is 1.31 bits per heavy atom. The predicted molar refractivity (Wildman–Crippen MR) is 54.2 cm³/mol. The van der Waals surface area contributed by atoms with Crippen LogP contribution in [0.1, 0.15) is 10.4 Å². The minimum absolute atomic E-state index is 0.0550. The van der Waals surface area contributed by atoms with Crippen LogP contribution in [0.15, 0.2) is 42.6 Å². The maximum atomic E-state index is 11.7. The lowest BCUT2D eigenvalue weighted by Crippen LogP contribution is -2.16. The van der Waals surface area contributed by atoms with E-state index in [1.807, 2.05) is 42.6 Å². The summed E-state index contributed by atoms with van der Waals surface area (Å²) in [6.45, 7) is 0. The van der Waals surface area contributed by atoms with Gasteiger partial charge in [0.05, 0.1) is 0 Å². The Hall–Kier alpha value is -1.22. The molecule has 1 aliphatic rings. The topological polar surface area (TPSA) is 20.3 Å². The quantitative estimate of drug-likeness (QED) is 0.635. The van der Waals surface area contributed by atoms with Gasteiger partial charge in [-0.25, -0.2) is 0 Å². The first-order valence-corrected chi connectivity index (χ1v) is 5.00. The van der Waals surface area contributed by atoms with Gasteiger partial charge in [-0.1, -0.05) is 24.3 Å². The van der Waals surface area contributed by atoms with E-state index in [9.17, 15) is 4.79 Å². The van der Waals surface area contributed by atoms with Crippen LogP contribution >= 0.6 is 11.9 Å². The van der Waals surface area contributed by atoms with Crippen molar-refractivity contribution in [2.24, 2.45) is 0 Å². The van der Waals surface area contributed by atoms with Crippen molar-refractivity contribution in [1.29, 1.82) is 0 Å². The van der Waals surface area contributed by atoms with Crippen LogP contribution in [0, 0.1) is 0 Å². The van der Waals surface area contributed by atoms with E-state index in [1.54, 1.807) is 4.31 Å². The third-order valence-corrected chi connectivity index (χ3v) is 2.68. The lowest BCUT2D eigenvalue weighted by atomic mass is 10.2. The van der Waals surface area contributed by atoms with Crippen molar-refractivity contribution in [3.8, 4) is 0 Å². The fraction of sp³-hybridized carbons (Fsp3) is 0.100. The number of carbonyl (C=O) groups excluding carboxylic acids is 1. The molecule has 1 aromatic carbocycles. The molecule has 13 heavy (non-hydrogen) atoms. The average Bonchev–Trinajstić information content (AvgIpc) is 2.71. The van der Waals surface area contributed by atoms with Gasteiger partial charge in [0.2, 0.25) is 0 Å². The summed E-state index contributed by atoms with van der Waals surface area (Å²) in [6.07, 6.45) is 3.80. The first-order chi connectivity index (χ1) is 6.38. The van der Waals surface area contributed by atoms with Gasteiger partial charge in [0.1, 0.15) is 0 Å². The molecule has 0 aliphatic carbocycles. The third kappa shape index (κ3) is 1.75. The van der Waals surface area contributed by atoms with Crippen molar-refractivity contribution in [3.05, 3.63) is 48.2 Å². The molecule has 2 rings (SSSR count). The van der Waals surface area contributed by atoms with Gasteiger partial charge in [-0.3, -0.25) is 9.10 Å². The van der Waals surface area contributed by atoms with E-state index in [1.165, 1.54) is 11.9 Å². The highest BCUT2D eigenvalue weighted by molar-refractivity contribution is 7.98. The van der Waals surface area contributed by atoms with Crippen LogP contribution in [0.2, 0.25) is 0 Å². The molecular formula is C10H9NOS. The van der Waals surface area contributed by atoms with E-state index in [-0.39, 0.29) is 5.91 Å². The van der Waals surface area contributed by atoms with E-state index in [2.05, 4.69) is 0 Å². The SMILES string of the molecule is O=C(c1ccccc1)N1C=CCS1. The largest absolute Gasteiger partial charge is 0.268 e. The highest BCUT2D eigenvalue weighted by Gasteiger charge is 2.15.